The molecule has 2 N–H and O–H groups in total. The Morgan fingerprint density at radius 1 is 1.38 bits per heavy atom. The Labute approximate surface area is 182 Å². The fourth-order valence-corrected chi connectivity index (χ4v) is 3.68. The molecule has 1 atom stereocenters. The van der Waals surface area contributed by atoms with Crippen LogP contribution in [0.3, 0.4) is 0 Å². The number of morpholine rings is 1. The smallest absolute Gasteiger partial charge is 0.191 e. The minimum Gasteiger partial charge on any atom is -0.374 e. The number of rotatable bonds is 6. The molecule has 26 heavy (non-hydrogen) atoms. The van der Waals surface area contributed by atoms with Gasteiger partial charge in [-0.3, -0.25) is 4.99 Å². The number of benzene rings is 1. The Bertz CT molecular complexity index is 609. The molecule has 0 radical (unpaired) electrons. The van der Waals surface area contributed by atoms with Gasteiger partial charge >= 0.3 is 0 Å². The van der Waals surface area contributed by atoms with Crippen molar-refractivity contribution >= 4 is 45.9 Å². The molecule has 5 nitrogen and oxygen atoms in total. The van der Waals surface area contributed by atoms with Crippen LogP contribution in [-0.2, 0) is 10.2 Å². The molecule has 1 saturated carbocycles. The molecule has 2 fully saturated rings. The third kappa shape index (κ3) is 6.07. The molecule has 146 valence electrons. The summed E-state index contributed by atoms with van der Waals surface area (Å²) in [5.41, 5.74) is 1.60. The molecule has 2 aliphatic rings. The maximum Gasteiger partial charge on any atom is 0.191 e. The van der Waals surface area contributed by atoms with Crippen molar-refractivity contribution in [1.82, 2.24) is 15.5 Å². The van der Waals surface area contributed by atoms with Gasteiger partial charge in [-0.05, 0) is 44.5 Å². The van der Waals surface area contributed by atoms with E-state index in [1.165, 1.54) is 18.4 Å². The van der Waals surface area contributed by atoms with Gasteiger partial charge in [-0.25, -0.2) is 0 Å². The van der Waals surface area contributed by atoms with E-state index >= 15 is 0 Å². The molecule has 1 heterocycles. The van der Waals surface area contributed by atoms with Crippen molar-refractivity contribution in [1.29, 1.82) is 0 Å². The van der Waals surface area contributed by atoms with Crippen LogP contribution < -0.4 is 10.6 Å². The lowest BCUT2D eigenvalue weighted by Gasteiger charge is -2.30. The summed E-state index contributed by atoms with van der Waals surface area (Å²) in [7, 11) is 2.14. The first kappa shape index (κ1) is 21.9. The molecule has 0 bridgehead atoms. The van der Waals surface area contributed by atoms with Gasteiger partial charge in [0.15, 0.2) is 5.96 Å². The summed E-state index contributed by atoms with van der Waals surface area (Å²) in [6.45, 7) is 7.37. The van der Waals surface area contributed by atoms with E-state index in [0.29, 0.717) is 0 Å². The zero-order chi connectivity index (χ0) is 17.7. The molecule has 7 heteroatoms. The summed E-state index contributed by atoms with van der Waals surface area (Å²) in [6, 6.07) is 8.65. The van der Waals surface area contributed by atoms with Gasteiger partial charge < -0.3 is 20.3 Å². The monoisotopic (exact) mass is 536 g/mol. The first-order valence-electron chi connectivity index (χ1n) is 9.20. The highest BCUT2D eigenvalue weighted by atomic mass is 127. The van der Waals surface area contributed by atoms with Gasteiger partial charge in [0.05, 0.1) is 19.3 Å². The van der Waals surface area contributed by atoms with Gasteiger partial charge in [-0.2, -0.15) is 0 Å². The highest BCUT2D eigenvalue weighted by molar-refractivity contribution is 14.0. The van der Waals surface area contributed by atoms with E-state index < -0.39 is 0 Å². The Balaban J connectivity index is 0.00000243. The number of aliphatic imine (C=N–C) groups is 1. The van der Waals surface area contributed by atoms with E-state index in [1.54, 1.807) is 0 Å². The van der Waals surface area contributed by atoms with Gasteiger partial charge in [0.1, 0.15) is 0 Å². The van der Waals surface area contributed by atoms with Crippen molar-refractivity contribution in [3.8, 4) is 0 Å². The third-order valence-corrected chi connectivity index (χ3v) is 5.51. The molecular formula is C19H30BrIN4O. The highest BCUT2D eigenvalue weighted by Gasteiger charge is 2.44. The number of hydrogen-bond donors (Lipinski definition) is 2. The summed E-state index contributed by atoms with van der Waals surface area (Å²) in [4.78, 5) is 7.18. The largest absolute Gasteiger partial charge is 0.374 e. The molecule has 1 aliphatic carbocycles. The molecule has 1 saturated heterocycles. The second-order valence-electron chi connectivity index (χ2n) is 7.12. The lowest BCUT2D eigenvalue weighted by molar-refractivity contribution is -0.0161. The number of nitrogens with zero attached hydrogens (tertiary/aromatic N) is 2. The molecule has 0 amide bonds. The van der Waals surface area contributed by atoms with E-state index in [2.05, 4.69) is 69.7 Å². The van der Waals surface area contributed by atoms with Gasteiger partial charge in [0.25, 0.3) is 0 Å². The summed E-state index contributed by atoms with van der Waals surface area (Å²) in [6.07, 6.45) is 2.65. The average Bonchev–Trinajstić information content (AvgIpc) is 3.39. The highest BCUT2D eigenvalue weighted by Crippen LogP contribution is 2.48. The summed E-state index contributed by atoms with van der Waals surface area (Å²) >= 11 is 3.58. The molecule has 0 spiro atoms. The molecule has 3 rings (SSSR count). The molecule has 1 aliphatic heterocycles. The Kier molecular flexibility index (Phi) is 8.63. The zero-order valence-corrected chi connectivity index (χ0v) is 19.5. The molecule has 1 aromatic rings. The van der Waals surface area contributed by atoms with Crippen molar-refractivity contribution in [3.05, 3.63) is 34.3 Å². The van der Waals surface area contributed by atoms with E-state index in [9.17, 15) is 0 Å². The van der Waals surface area contributed by atoms with Crippen LogP contribution in [0.1, 0.15) is 25.3 Å². The van der Waals surface area contributed by atoms with Crippen LogP contribution in [0.4, 0.5) is 0 Å². The van der Waals surface area contributed by atoms with Crippen LogP contribution in [0.25, 0.3) is 0 Å². The molecule has 0 aromatic heterocycles. The fraction of sp³-hybridized carbons (Fsp3) is 0.632. The van der Waals surface area contributed by atoms with Crippen LogP contribution in [0.5, 0.6) is 0 Å². The van der Waals surface area contributed by atoms with Gasteiger partial charge in [0.2, 0.25) is 0 Å². The first-order valence-corrected chi connectivity index (χ1v) is 9.99. The van der Waals surface area contributed by atoms with E-state index in [1.807, 2.05) is 0 Å². The summed E-state index contributed by atoms with van der Waals surface area (Å²) in [5, 5.41) is 6.81. The van der Waals surface area contributed by atoms with Gasteiger partial charge in [-0.15, -0.1) is 24.0 Å². The van der Waals surface area contributed by atoms with Crippen LogP contribution in [0, 0.1) is 0 Å². The second kappa shape index (κ2) is 10.2. The van der Waals surface area contributed by atoms with E-state index in [-0.39, 0.29) is 35.5 Å². The Morgan fingerprint density at radius 2 is 2.19 bits per heavy atom. The number of hydrogen-bond acceptors (Lipinski definition) is 3. The third-order valence-electron chi connectivity index (χ3n) is 5.01. The lowest BCUT2D eigenvalue weighted by Crippen LogP contribution is -2.48. The van der Waals surface area contributed by atoms with Crippen molar-refractivity contribution in [2.45, 2.75) is 31.3 Å². The first-order chi connectivity index (χ1) is 12.1. The van der Waals surface area contributed by atoms with Gasteiger partial charge in [0, 0.05) is 36.1 Å². The van der Waals surface area contributed by atoms with Gasteiger partial charge in [-0.1, -0.05) is 28.1 Å². The van der Waals surface area contributed by atoms with Crippen LogP contribution >= 0.6 is 39.9 Å². The predicted octanol–water partition coefficient (Wildman–Crippen LogP) is 2.98. The zero-order valence-electron chi connectivity index (χ0n) is 15.6. The Morgan fingerprint density at radius 3 is 2.85 bits per heavy atom. The second-order valence-corrected chi connectivity index (χ2v) is 8.04. The molecular weight excluding hydrogens is 507 g/mol. The van der Waals surface area contributed by atoms with Crippen molar-refractivity contribution in [2.24, 2.45) is 4.99 Å². The minimum absolute atomic E-state index is 0. The lowest BCUT2D eigenvalue weighted by atomic mass is 9.96. The van der Waals surface area contributed by atoms with Crippen molar-refractivity contribution in [2.75, 3.05) is 46.4 Å². The minimum atomic E-state index is 0. The quantitative estimate of drug-likeness (QED) is 0.333. The van der Waals surface area contributed by atoms with E-state index in [4.69, 9.17) is 9.73 Å². The average molecular weight is 537 g/mol. The normalized spacial score (nSPS) is 22.4. The van der Waals surface area contributed by atoms with Crippen LogP contribution in [0.2, 0.25) is 0 Å². The fourth-order valence-electron chi connectivity index (χ4n) is 3.28. The van der Waals surface area contributed by atoms with Crippen LogP contribution in [0.15, 0.2) is 33.7 Å². The number of guanidine groups is 1. The molecule has 1 unspecified atom stereocenters. The number of likely N-dealkylation sites (N-methyl/N-ethyl adjacent to an activating group) is 1. The maximum absolute atomic E-state index is 5.82. The summed E-state index contributed by atoms with van der Waals surface area (Å²) < 4.78 is 6.97. The van der Waals surface area contributed by atoms with E-state index in [0.717, 1.165) is 49.8 Å². The number of ether oxygens (including phenoxy) is 1. The Hall–Kier alpha value is -0.380. The number of nitrogens with one attached hydrogen (secondary N) is 2. The predicted molar refractivity (Wildman–Crippen MR) is 122 cm³/mol. The number of halogens is 2. The maximum atomic E-state index is 5.82. The standard InChI is InChI=1S/C19H29BrN4O.HI/c1-3-21-18(22-12-17-13-24(2)9-10-25-17)23-14-19(7-8-19)15-5-4-6-16(20)11-15;/h4-6,11,17H,3,7-10,12-14H2,1-2H3,(H2,21,22,23);1H. The topological polar surface area (TPSA) is 48.9 Å². The molecule has 1 aromatic carbocycles. The van der Waals surface area contributed by atoms with Crippen molar-refractivity contribution < 1.29 is 4.74 Å². The van der Waals surface area contributed by atoms with Crippen molar-refractivity contribution in [3.63, 3.8) is 0 Å². The van der Waals surface area contributed by atoms with Crippen LogP contribution in [-0.4, -0.2) is 63.3 Å². The summed E-state index contributed by atoms with van der Waals surface area (Å²) in [5.74, 6) is 0.889. The SMILES string of the molecule is CCNC(=NCC1(c2cccc(Br)c2)CC1)NCC1CN(C)CCO1.I.